The summed E-state index contributed by atoms with van der Waals surface area (Å²) in [6, 6.07) is 10.7. The van der Waals surface area contributed by atoms with Crippen LogP contribution in [0.4, 0.5) is 5.82 Å². The molecule has 0 radical (unpaired) electrons. The van der Waals surface area contributed by atoms with Crippen molar-refractivity contribution in [2.24, 2.45) is 0 Å². The molecular formula is C15H17BrN2. The van der Waals surface area contributed by atoms with Gasteiger partial charge in [-0.2, -0.15) is 0 Å². The van der Waals surface area contributed by atoms with Gasteiger partial charge in [-0.3, -0.25) is 0 Å². The van der Waals surface area contributed by atoms with Crippen LogP contribution in [0.5, 0.6) is 0 Å². The molecule has 2 aromatic rings. The van der Waals surface area contributed by atoms with Gasteiger partial charge in [-0.1, -0.05) is 29.8 Å². The first-order valence-corrected chi connectivity index (χ1v) is 6.74. The van der Waals surface area contributed by atoms with E-state index in [-0.39, 0.29) is 0 Å². The zero-order valence-electron chi connectivity index (χ0n) is 10.9. The van der Waals surface area contributed by atoms with Crippen LogP contribution in [0.3, 0.4) is 0 Å². The summed E-state index contributed by atoms with van der Waals surface area (Å²) in [5, 5.41) is 0. The van der Waals surface area contributed by atoms with Crippen molar-refractivity contribution in [2.45, 2.75) is 20.4 Å². The molecule has 0 saturated carbocycles. The standard InChI is InChI=1S/C15H17BrN2/c1-11-5-4-6-13(7-11)10-18(3)15-14(16)8-12(2)9-17-15/h4-9H,10H2,1-3H3. The third kappa shape index (κ3) is 3.10. The summed E-state index contributed by atoms with van der Waals surface area (Å²) in [5.41, 5.74) is 3.75. The highest BCUT2D eigenvalue weighted by molar-refractivity contribution is 9.10. The molecule has 0 bridgehead atoms. The lowest BCUT2D eigenvalue weighted by atomic mass is 10.1. The summed E-state index contributed by atoms with van der Waals surface area (Å²) >= 11 is 3.57. The average Bonchev–Trinajstić information content (AvgIpc) is 2.28. The van der Waals surface area contributed by atoms with Gasteiger partial charge in [-0.15, -0.1) is 0 Å². The van der Waals surface area contributed by atoms with Crippen molar-refractivity contribution in [2.75, 3.05) is 11.9 Å². The lowest BCUT2D eigenvalue weighted by Crippen LogP contribution is -2.18. The SMILES string of the molecule is Cc1cccc(CN(C)c2ncc(C)cc2Br)c1. The molecule has 0 unspecified atom stereocenters. The quantitative estimate of drug-likeness (QED) is 0.849. The van der Waals surface area contributed by atoms with Crippen LogP contribution in [-0.4, -0.2) is 12.0 Å². The fraction of sp³-hybridized carbons (Fsp3) is 0.267. The Morgan fingerprint density at radius 2 is 1.94 bits per heavy atom. The molecule has 0 aliphatic carbocycles. The summed E-state index contributed by atoms with van der Waals surface area (Å²) in [7, 11) is 2.06. The summed E-state index contributed by atoms with van der Waals surface area (Å²) < 4.78 is 1.04. The fourth-order valence-electron chi connectivity index (χ4n) is 1.97. The van der Waals surface area contributed by atoms with Gasteiger partial charge in [-0.05, 0) is 47.0 Å². The van der Waals surface area contributed by atoms with Crippen molar-refractivity contribution in [3.05, 3.63) is 57.7 Å². The number of halogens is 1. The lowest BCUT2D eigenvalue weighted by Gasteiger charge is -2.20. The Morgan fingerprint density at radius 3 is 2.61 bits per heavy atom. The molecule has 3 heteroatoms. The van der Waals surface area contributed by atoms with Crippen LogP contribution in [0.1, 0.15) is 16.7 Å². The highest BCUT2D eigenvalue weighted by Crippen LogP contribution is 2.24. The minimum Gasteiger partial charge on any atom is -0.354 e. The predicted molar refractivity (Wildman–Crippen MR) is 80.0 cm³/mol. The molecule has 0 fully saturated rings. The van der Waals surface area contributed by atoms with Gasteiger partial charge >= 0.3 is 0 Å². The van der Waals surface area contributed by atoms with E-state index in [0.29, 0.717) is 0 Å². The van der Waals surface area contributed by atoms with E-state index in [1.807, 2.05) is 13.1 Å². The third-order valence-corrected chi connectivity index (χ3v) is 3.41. The van der Waals surface area contributed by atoms with Crippen molar-refractivity contribution in [3.63, 3.8) is 0 Å². The van der Waals surface area contributed by atoms with E-state index in [1.165, 1.54) is 11.1 Å². The monoisotopic (exact) mass is 304 g/mol. The Labute approximate surface area is 117 Å². The van der Waals surface area contributed by atoms with Crippen LogP contribution >= 0.6 is 15.9 Å². The minimum atomic E-state index is 0.857. The molecule has 1 aromatic heterocycles. The Morgan fingerprint density at radius 1 is 1.17 bits per heavy atom. The van der Waals surface area contributed by atoms with Crippen LogP contribution in [0.15, 0.2) is 41.0 Å². The molecule has 2 rings (SSSR count). The molecule has 0 N–H and O–H groups in total. The second-order valence-corrected chi connectivity index (χ2v) is 5.52. The van der Waals surface area contributed by atoms with Gasteiger partial charge in [0.25, 0.3) is 0 Å². The van der Waals surface area contributed by atoms with E-state index in [9.17, 15) is 0 Å². The first-order valence-electron chi connectivity index (χ1n) is 5.95. The second kappa shape index (κ2) is 5.53. The number of anilines is 1. The molecule has 0 aliphatic rings. The largest absolute Gasteiger partial charge is 0.354 e. The number of hydrogen-bond acceptors (Lipinski definition) is 2. The van der Waals surface area contributed by atoms with Crippen LogP contribution in [0.25, 0.3) is 0 Å². The number of benzene rings is 1. The van der Waals surface area contributed by atoms with E-state index in [1.54, 1.807) is 0 Å². The van der Waals surface area contributed by atoms with Gasteiger partial charge in [-0.25, -0.2) is 4.98 Å². The van der Waals surface area contributed by atoms with Gasteiger partial charge in [0, 0.05) is 19.8 Å². The van der Waals surface area contributed by atoms with E-state index in [0.717, 1.165) is 22.4 Å². The predicted octanol–water partition coefficient (Wildman–Crippen LogP) is 4.10. The summed E-state index contributed by atoms with van der Waals surface area (Å²) in [4.78, 5) is 6.63. The zero-order valence-corrected chi connectivity index (χ0v) is 12.5. The molecule has 0 atom stereocenters. The zero-order chi connectivity index (χ0) is 13.1. The lowest BCUT2D eigenvalue weighted by molar-refractivity contribution is 0.891. The normalized spacial score (nSPS) is 10.4. The average molecular weight is 305 g/mol. The Kier molecular flexibility index (Phi) is 4.02. The van der Waals surface area contributed by atoms with E-state index in [2.05, 4.69) is 70.1 Å². The number of rotatable bonds is 3. The Balaban J connectivity index is 2.19. The third-order valence-electron chi connectivity index (χ3n) is 2.82. The van der Waals surface area contributed by atoms with E-state index >= 15 is 0 Å². The van der Waals surface area contributed by atoms with Gasteiger partial charge in [0.1, 0.15) is 5.82 Å². The second-order valence-electron chi connectivity index (χ2n) is 4.66. The smallest absolute Gasteiger partial charge is 0.142 e. The van der Waals surface area contributed by atoms with Gasteiger partial charge in [0.15, 0.2) is 0 Å². The maximum atomic E-state index is 4.48. The van der Waals surface area contributed by atoms with Crippen molar-refractivity contribution in [1.29, 1.82) is 0 Å². The van der Waals surface area contributed by atoms with Crippen molar-refractivity contribution in [3.8, 4) is 0 Å². The molecule has 0 spiro atoms. The van der Waals surface area contributed by atoms with Gasteiger partial charge in [0.2, 0.25) is 0 Å². The van der Waals surface area contributed by atoms with E-state index < -0.39 is 0 Å². The minimum absolute atomic E-state index is 0.857. The van der Waals surface area contributed by atoms with Crippen LogP contribution < -0.4 is 4.90 Å². The molecular weight excluding hydrogens is 288 g/mol. The maximum absolute atomic E-state index is 4.48. The topological polar surface area (TPSA) is 16.1 Å². The van der Waals surface area contributed by atoms with Crippen LogP contribution in [-0.2, 0) is 6.54 Å². The van der Waals surface area contributed by atoms with Crippen LogP contribution in [0, 0.1) is 13.8 Å². The number of aromatic nitrogens is 1. The highest BCUT2D eigenvalue weighted by atomic mass is 79.9. The molecule has 0 amide bonds. The molecule has 0 aliphatic heterocycles. The van der Waals surface area contributed by atoms with Crippen molar-refractivity contribution in [1.82, 2.24) is 4.98 Å². The summed E-state index contributed by atoms with van der Waals surface area (Å²) in [5.74, 6) is 0.974. The Hall–Kier alpha value is -1.35. The Bertz CT molecular complexity index is 552. The highest BCUT2D eigenvalue weighted by Gasteiger charge is 2.08. The number of nitrogens with zero attached hydrogens (tertiary/aromatic N) is 2. The first-order chi connectivity index (χ1) is 8.56. The molecule has 0 saturated heterocycles. The number of aryl methyl sites for hydroxylation is 2. The van der Waals surface area contributed by atoms with Gasteiger partial charge < -0.3 is 4.90 Å². The molecule has 18 heavy (non-hydrogen) atoms. The molecule has 94 valence electrons. The maximum Gasteiger partial charge on any atom is 0.142 e. The first kappa shape index (κ1) is 13.1. The summed E-state index contributed by atoms with van der Waals surface area (Å²) in [6.45, 7) is 5.02. The number of hydrogen-bond donors (Lipinski definition) is 0. The fourth-order valence-corrected chi connectivity index (χ4v) is 2.73. The van der Waals surface area contributed by atoms with Crippen molar-refractivity contribution >= 4 is 21.7 Å². The number of pyridine rings is 1. The van der Waals surface area contributed by atoms with E-state index in [4.69, 9.17) is 0 Å². The molecule has 1 aromatic carbocycles. The van der Waals surface area contributed by atoms with Crippen LogP contribution in [0.2, 0.25) is 0 Å². The van der Waals surface area contributed by atoms with Gasteiger partial charge in [0.05, 0.1) is 4.47 Å². The molecule has 1 heterocycles. The van der Waals surface area contributed by atoms with Crippen molar-refractivity contribution < 1.29 is 0 Å². The summed E-state index contributed by atoms with van der Waals surface area (Å²) in [6.07, 6.45) is 1.90. The molecule has 2 nitrogen and oxygen atoms in total.